The first kappa shape index (κ1) is 6.18. The molecule has 4 heteroatoms. The van der Waals surface area contributed by atoms with E-state index in [4.69, 9.17) is 0 Å². The van der Waals surface area contributed by atoms with Gasteiger partial charge in [-0.3, -0.25) is 0 Å². The fraction of sp³-hybridized carbons (Fsp3) is 0. The quantitative estimate of drug-likeness (QED) is 0.394. The normalized spacial score (nSPS) is 6.67. The Morgan fingerprint density at radius 2 is 2.50 bits per heavy atom. The third kappa shape index (κ3) is 1.58. The van der Waals surface area contributed by atoms with Crippen molar-refractivity contribution in [3.63, 3.8) is 0 Å². The van der Waals surface area contributed by atoms with Crippen LogP contribution in [0.3, 0.4) is 0 Å². The molecular weight excluding hydrogens is 149 g/mol. The summed E-state index contributed by atoms with van der Waals surface area (Å²) in [5.41, 5.74) is 0. The summed E-state index contributed by atoms with van der Waals surface area (Å²) in [6.07, 6.45) is 2.52. The minimum absolute atomic E-state index is 0. The molecule has 0 bridgehead atoms. The molecule has 0 aliphatic carbocycles. The molecule has 0 fully saturated rings. The monoisotopic (exact) mass is 149 g/mol. The van der Waals surface area contributed by atoms with Crippen LogP contribution in [-0.4, -0.2) is 9.59 Å². The van der Waals surface area contributed by atoms with Gasteiger partial charge in [0.2, 0.25) is 0 Å². The van der Waals surface area contributed by atoms with E-state index in [9.17, 15) is 0 Å². The summed E-state index contributed by atoms with van der Waals surface area (Å²) in [6, 6.07) is 0. The van der Waals surface area contributed by atoms with Gasteiger partial charge in [-0.25, -0.2) is 0 Å². The van der Waals surface area contributed by atoms with Gasteiger partial charge in [-0.05, 0) is 0 Å². The molecule has 0 radical (unpaired) electrons. The van der Waals surface area contributed by atoms with E-state index >= 15 is 0 Å². The van der Waals surface area contributed by atoms with Crippen LogP contribution in [0, 0.1) is 6.20 Å². The van der Waals surface area contributed by atoms with Crippen LogP contribution in [0.25, 0.3) is 0 Å². The third-order valence-electron chi connectivity index (χ3n) is 0.251. The van der Waals surface area contributed by atoms with Crippen molar-refractivity contribution >= 4 is 11.5 Å². The van der Waals surface area contributed by atoms with E-state index in [1.807, 2.05) is 0 Å². The zero-order chi connectivity index (χ0) is 3.54. The topological polar surface area (TPSA) is 25.8 Å². The molecule has 1 heterocycles. The van der Waals surface area contributed by atoms with Gasteiger partial charge in [-0.1, -0.05) is 11.5 Å². The average Bonchev–Trinajstić information content (AvgIpc) is 1.76. The maximum Gasteiger partial charge on any atom is 0 e. The molecule has 0 aliphatic rings. The summed E-state index contributed by atoms with van der Waals surface area (Å²) in [6.45, 7) is 0. The molecule has 0 N–H and O–H groups in total. The van der Waals surface area contributed by atoms with Gasteiger partial charge in [-0.2, -0.15) is 5.38 Å². The molecular formula is C2HN2SZn-. The predicted molar refractivity (Wildman–Crippen MR) is 18.7 cm³/mol. The number of rotatable bonds is 0. The van der Waals surface area contributed by atoms with E-state index in [-0.39, 0.29) is 19.5 Å². The fourth-order valence-electron chi connectivity index (χ4n) is 0.118. The molecule has 1 aromatic heterocycles. The van der Waals surface area contributed by atoms with Gasteiger partial charge in [0, 0.05) is 19.5 Å². The molecule has 0 atom stereocenters. The van der Waals surface area contributed by atoms with Crippen molar-refractivity contribution in [3.05, 3.63) is 11.6 Å². The predicted octanol–water partition coefficient (Wildman–Crippen LogP) is 0.336. The number of aromatic nitrogens is 2. The summed E-state index contributed by atoms with van der Waals surface area (Å²) >= 11 is 1.30. The van der Waals surface area contributed by atoms with Crippen molar-refractivity contribution in [2.24, 2.45) is 0 Å². The van der Waals surface area contributed by atoms with Crippen LogP contribution in [0.5, 0.6) is 0 Å². The van der Waals surface area contributed by atoms with Crippen molar-refractivity contribution in [2.75, 3.05) is 0 Å². The smallest absolute Gasteiger partial charge is 0 e. The molecule has 0 saturated carbocycles. The van der Waals surface area contributed by atoms with Gasteiger partial charge in [0.15, 0.2) is 0 Å². The molecule has 1 aromatic rings. The van der Waals surface area contributed by atoms with Gasteiger partial charge in [0.05, 0.1) is 0 Å². The van der Waals surface area contributed by atoms with Crippen LogP contribution in [0.15, 0.2) is 5.38 Å². The van der Waals surface area contributed by atoms with Gasteiger partial charge in [0.1, 0.15) is 0 Å². The molecule has 0 aromatic carbocycles. The van der Waals surface area contributed by atoms with E-state index in [1.54, 1.807) is 5.38 Å². The Kier molecular flexibility index (Phi) is 3.48. The minimum Gasteiger partial charge on any atom is -0.359 e. The summed E-state index contributed by atoms with van der Waals surface area (Å²) in [5.74, 6) is 0. The summed E-state index contributed by atoms with van der Waals surface area (Å²) < 4.78 is 3.46. The van der Waals surface area contributed by atoms with Crippen molar-refractivity contribution in [2.45, 2.75) is 0 Å². The van der Waals surface area contributed by atoms with Crippen LogP contribution >= 0.6 is 11.5 Å². The second kappa shape index (κ2) is 3.38. The zero-order valence-electron chi connectivity index (χ0n) is 3.09. The van der Waals surface area contributed by atoms with Crippen molar-refractivity contribution < 1.29 is 19.5 Å². The Bertz CT molecular complexity index is 68.0. The zero-order valence-corrected chi connectivity index (χ0v) is 6.87. The maximum absolute atomic E-state index is 3.46. The van der Waals surface area contributed by atoms with Crippen molar-refractivity contribution in [1.82, 2.24) is 9.59 Å². The van der Waals surface area contributed by atoms with Gasteiger partial charge < -0.3 is 11.3 Å². The largest absolute Gasteiger partial charge is 0.359 e. The average molecular weight is 151 g/mol. The standard InChI is InChI=1S/C2HN2S.Zn/c1-2-5-4-3-1;/h2H;/q-1;. The van der Waals surface area contributed by atoms with Crippen LogP contribution in [0.4, 0.5) is 0 Å². The van der Waals surface area contributed by atoms with E-state index in [1.165, 1.54) is 11.5 Å². The first-order chi connectivity index (χ1) is 2.50. The summed E-state index contributed by atoms with van der Waals surface area (Å²) in [5, 5.41) is 5.06. The molecule has 0 aliphatic heterocycles. The summed E-state index contributed by atoms with van der Waals surface area (Å²) in [4.78, 5) is 0. The molecule has 2 nitrogen and oxygen atoms in total. The number of hydrogen-bond donors (Lipinski definition) is 0. The van der Waals surface area contributed by atoms with Gasteiger partial charge >= 0.3 is 0 Å². The van der Waals surface area contributed by atoms with E-state index < -0.39 is 0 Å². The number of nitrogens with zero attached hydrogens (tertiary/aromatic N) is 2. The first-order valence-electron chi connectivity index (χ1n) is 1.13. The van der Waals surface area contributed by atoms with Crippen molar-refractivity contribution in [1.29, 1.82) is 0 Å². The van der Waals surface area contributed by atoms with Gasteiger partial charge in [0.25, 0.3) is 0 Å². The van der Waals surface area contributed by atoms with Crippen LogP contribution < -0.4 is 0 Å². The van der Waals surface area contributed by atoms with E-state index in [0.29, 0.717) is 0 Å². The van der Waals surface area contributed by atoms with Crippen LogP contribution in [0.2, 0.25) is 0 Å². The molecule has 6 heavy (non-hydrogen) atoms. The first-order valence-corrected chi connectivity index (χ1v) is 1.97. The van der Waals surface area contributed by atoms with E-state index in [0.717, 1.165) is 0 Å². The molecule has 0 unspecified atom stereocenters. The second-order valence-electron chi connectivity index (χ2n) is 0.534. The Hall–Kier alpha value is 0.183. The Labute approximate surface area is 52.5 Å². The fourth-order valence-corrected chi connectivity index (χ4v) is 0.354. The molecule has 0 saturated heterocycles. The van der Waals surface area contributed by atoms with E-state index in [2.05, 4.69) is 15.8 Å². The van der Waals surface area contributed by atoms with Crippen LogP contribution in [0.1, 0.15) is 0 Å². The summed E-state index contributed by atoms with van der Waals surface area (Å²) in [7, 11) is 0. The van der Waals surface area contributed by atoms with Crippen LogP contribution in [-0.2, 0) is 19.5 Å². The Morgan fingerprint density at radius 3 is 2.67 bits per heavy atom. The Balaban J connectivity index is 0.000000250. The SMILES string of the molecule is [Zn].[c-]1csnn1. The Morgan fingerprint density at radius 1 is 1.67 bits per heavy atom. The third-order valence-corrected chi connectivity index (χ3v) is 0.638. The number of hydrogen-bond acceptors (Lipinski definition) is 3. The van der Waals surface area contributed by atoms with Crippen molar-refractivity contribution in [3.8, 4) is 0 Å². The molecule has 1 rings (SSSR count). The molecule has 28 valence electrons. The maximum atomic E-state index is 3.46. The molecule has 0 amide bonds. The second-order valence-corrected chi connectivity index (χ2v) is 1.14. The minimum atomic E-state index is 0. The molecule has 0 spiro atoms. The van der Waals surface area contributed by atoms with Gasteiger partial charge in [-0.15, -0.1) is 4.49 Å².